The van der Waals surface area contributed by atoms with Crippen LogP contribution >= 0.6 is 0 Å². The third-order valence-corrected chi connectivity index (χ3v) is 7.06. The predicted octanol–water partition coefficient (Wildman–Crippen LogP) is 8.66. The fourth-order valence-electron chi connectivity index (χ4n) is 4.66. The monoisotopic (exact) mass is 511 g/mol. The van der Waals surface area contributed by atoms with Crippen LogP contribution in [0.3, 0.4) is 0 Å². The maximum atomic E-state index is 5.73. The third-order valence-electron chi connectivity index (χ3n) is 7.06. The van der Waals surface area contributed by atoms with Crippen LogP contribution in [0.25, 0.3) is 10.9 Å². The van der Waals surface area contributed by atoms with Gasteiger partial charge in [-0.3, -0.25) is 0 Å². The molecule has 1 fully saturated rings. The van der Waals surface area contributed by atoms with Gasteiger partial charge in [0.25, 0.3) is 0 Å². The number of hydrogen-bond acceptors (Lipinski definition) is 4. The van der Waals surface area contributed by atoms with Gasteiger partial charge in [-0.15, -0.1) is 0 Å². The second-order valence-corrected chi connectivity index (χ2v) is 10.6. The number of aromatic nitrogens is 2. The molecule has 0 atom stereocenters. The van der Waals surface area contributed by atoms with Gasteiger partial charge < -0.3 is 9.64 Å². The van der Waals surface area contributed by atoms with E-state index >= 15 is 0 Å². The van der Waals surface area contributed by atoms with Crippen LogP contribution < -0.4 is 9.64 Å². The van der Waals surface area contributed by atoms with Crippen LogP contribution in [-0.2, 0) is 13.0 Å². The molecule has 1 aliphatic rings. The first-order valence-corrected chi connectivity index (χ1v) is 14.0. The lowest BCUT2D eigenvalue weighted by atomic mass is 9.84. The summed E-state index contributed by atoms with van der Waals surface area (Å²) in [5, 5.41) is 1.10. The van der Waals surface area contributed by atoms with E-state index in [9.17, 15) is 0 Å². The molecule has 1 aliphatic carbocycles. The minimum absolute atomic E-state index is 0.647. The van der Waals surface area contributed by atoms with Crippen molar-refractivity contribution in [2.45, 2.75) is 66.4 Å². The Morgan fingerprint density at radius 3 is 1.89 bits per heavy atom. The van der Waals surface area contributed by atoms with E-state index in [-0.39, 0.29) is 0 Å². The molecule has 4 nitrogen and oxygen atoms in total. The molecular weight excluding hydrogens is 466 g/mol. The fourth-order valence-corrected chi connectivity index (χ4v) is 4.66. The predicted molar refractivity (Wildman–Crippen MR) is 162 cm³/mol. The van der Waals surface area contributed by atoms with Crippen molar-refractivity contribution in [1.29, 1.82) is 0 Å². The van der Waals surface area contributed by atoms with Gasteiger partial charge >= 0.3 is 0 Å². The van der Waals surface area contributed by atoms with E-state index in [0.717, 1.165) is 46.6 Å². The number of para-hydroxylation sites is 2. The molecule has 1 aromatic heterocycles. The van der Waals surface area contributed by atoms with Crippen molar-refractivity contribution in [2.75, 3.05) is 19.0 Å². The third kappa shape index (κ3) is 9.16. The molecule has 4 aromatic rings. The van der Waals surface area contributed by atoms with Crippen molar-refractivity contribution in [1.82, 2.24) is 9.97 Å². The Morgan fingerprint density at radius 1 is 0.737 bits per heavy atom. The van der Waals surface area contributed by atoms with Gasteiger partial charge in [0, 0.05) is 19.5 Å². The lowest BCUT2D eigenvalue weighted by molar-refractivity contribution is 0.305. The van der Waals surface area contributed by atoms with E-state index in [2.05, 4.69) is 55.0 Å². The summed E-state index contributed by atoms with van der Waals surface area (Å²) in [6.07, 6.45) is 6.94. The standard InChI is InChI=1S/C15H16O.C11H13N3.C8H16/c1-2-13-8-6-7-9-14(13)12-16-15-10-4-3-5-11-15;1-8-12-10-7-5-4-6-9(10)11(13-8)14(2)3;1-7-3-5-8(2)6-4-7/h3-11H,2,12H2,1H3;4-7H,1-3H3;7-8H,3-6H2,1-2H3. The number of ether oxygens (including phenoxy) is 1. The van der Waals surface area contributed by atoms with Crippen molar-refractivity contribution < 1.29 is 4.74 Å². The number of aryl methyl sites for hydroxylation is 2. The van der Waals surface area contributed by atoms with Crippen LogP contribution in [-0.4, -0.2) is 24.1 Å². The van der Waals surface area contributed by atoms with Crippen LogP contribution in [0.2, 0.25) is 0 Å². The zero-order chi connectivity index (χ0) is 27.3. The second kappa shape index (κ2) is 15.1. The van der Waals surface area contributed by atoms with Crippen molar-refractivity contribution in [3.63, 3.8) is 0 Å². The normalized spacial score (nSPS) is 16.5. The van der Waals surface area contributed by atoms with E-state index in [0.29, 0.717) is 6.61 Å². The SMILES string of the molecule is CC1CCC(C)CC1.CCc1ccccc1COc1ccccc1.Cc1nc(N(C)C)c2ccccc2n1. The number of benzene rings is 3. The Morgan fingerprint density at radius 2 is 1.29 bits per heavy atom. The molecule has 0 amide bonds. The summed E-state index contributed by atoms with van der Waals surface area (Å²) < 4.78 is 5.73. The van der Waals surface area contributed by atoms with Gasteiger partial charge in [0.1, 0.15) is 24.0 Å². The molecule has 38 heavy (non-hydrogen) atoms. The van der Waals surface area contributed by atoms with Crippen LogP contribution in [0.15, 0.2) is 78.9 Å². The van der Waals surface area contributed by atoms with E-state index in [1.165, 1.54) is 36.8 Å². The largest absolute Gasteiger partial charge is 0.489 e. The van der Waals surface area contributed by atoms with E-state index in [1.54, 1.807) is 0 Å². The summed E-state index contributed by atoms with van der Waals surface area (Å²) in [6.45, 7) is 9.46. The molecule has 0 N–H and O–H groups in total. The first-order valence-electron chi connectivity index (χ1n) is 14.0. The van der Waals surface area contributed by atoms with Crippen LogP contribution in [0.1, 0.15) is 63.4 Å². The van der Waals surface area contributed by atoms with E-state index in [1.807, 2.05) is 80.5 Å². The maximum Gasteiger partial charge on any atom is 0.139 e. The number of fused-ring (bicyclic) bond motifs is 1. The Balaban J connectivity index is 0.000000166. The van der Waals surface area contributed by atoms with Gasteiger partial charge in [-0.05, 0) is 60.6 Å². The molecule has 1 saturated carbocycles. The van der Waals surface area contributed by atoms with Gasteiger partial charge in [0.15, 0.2) is 0 Å². The van der Waals surface area contributed by atoms with Crippen molar-refractivity contribution >= 4 is 16.7 Å². The molecule has 0 spiro atoms. The highest BCUT2D eigenvalue weighted by Gasteiger charge is 2.13. The molecule has 1 heterocycles. The van der Waals surface area contributed by atoms with Crippen molar-refractivity contribution in [3.8, 4) is 5.75 Å². The first-order chi connectivity index (χ1) is 18.4. The summed E-state index contributed by atoms with van der Waals surface area (Å²) in [5.74, 6) is 4.76. The highest BCUT2D eigenvalue weighted by Crippen LogP contribution is 2.27. The van der Waals surface area contributed by atoms with Gasteiger partial charge in [-0.25, -0.2) is 9.97 Å². The molecule has 0 aliphatic heterocycles. The van der Waals surface area contributed by atoms with E-state index < -0.39 is 0 Å². The highest BCUT2D eigenvalue weighted by atomic mass is 16.5. The molecule has 0 saturated heterocycles. The molecule has 0 bridgehead atoms. The summed E-state index contributed by atoms with van der Waals surface area (Å²) in [6, 6.07) is 26.4. The van der Waals surface area contributed by atoms with Gasteiger partial charge in [0.2, 0.25) is 0 Å². The molecule has 0 radical (unpaired) electrons. The van der Waals surface area contributed by atoms with Crippen LogP contribution in [0, 0.1) is 18.8 Å². The van der Waals surface area contributed by atoms with Gasteiger partial charge in [-0.1, -0.05) is 101 Å². The molecule has 0 unspecified atom stereocenters. The Kier molecular flexibility index (Phi) is 11.6. The number of anilines is 1. The molecule has 202 valence electrons. The topological polar surface area (TPSA) is 38.2 Å². The summed E-state index contributed by atoms with van der Waals surface area (Å²) in [7, 11) is 3.99. The Hall–Kier alpha value is -3.40. The van der Waals surface area contributed by atoms with Crippen molar-refractivity contribution in [2.24, 2.45) is 11.8 Å². The summed E-state index contributed by atoms with van der Waals surface area (Å²) in [4.78, 5) is 10.8. The molecule has 3 aromatic carbocycles. The average Bonchev–Trinajstić information content (AvgIpc) is 2.94. The maximum absolute atomic E-state index is 5.73. The lowest BCUT2D eigenvalue weighted by Gasteiger charge is -2.22. The Labute approximate surface area is 230 Å². The molecule has 5 rings (SSSR count). The first kappa shape index (κ1) is 29.2. The zero-order valence-electron chi connectivity index (χ0n) is 24.2. The average molecular weight is 512 g/mol. The number of hydrogen-bond donors (Lipinski definition) is 0. The minimum Gasteiger partial charge on any atom is -0.489 e. The molecule has 4 heteroatoms. The smallest absolute Gasteiger partial charge is 0.139 e. The minimum atomic E-state index is 0.647. The zero-order valence-corrected chi connectivity index (χ0v) is 24.2. The van der Waals surface area contributed by atoms with E-state index in [4.69, 9.17) is 4.74 Å². The lowest BCUT2D eigenvalue weighted by Crippen LogP contribution is -2.12. The van der Waals surface area contributed by atoms with Gasteiger partial charge in [0.05, 0.1) is 5.52 Å². The van der Waals surface area contributed by atoms with Crippen molar-refractivity contribution in [3.05, 3.63) is 95.8 Å². The quantitative estimate of drug-likeness (QED) is 0.269. The van der Waals surface area contributed by atoms with Crippen LogP contribution in [0.4, 0.5) is 5.82 Å². The molecular formula is C34H45N3O. The number of nitrogens with zero attached hydrogens (tertiary/aromatic N) is 3. The Bertz CT molecular complexity index is 1220. The van der Waals surface area contributed by atoms with Crippen LogP contribution in [0.5, 0.6) is 5.75 Å². The van der Waals surface area contributed by atoms with Gasteiger partial charge in [-0.2, -0.15) is 0 Å². The summed E-state index contributed by atoms with van der Waals surface area (Å²) in [5.41, 5.74) is 3.64. The second-order valence-electron chi connectivity index (χ2n) is 10.6. The summed E-state index contributed by atoms with van der Waals surface area (Å²) >= 11 is 0. The fraction of sp³-hybridized carbons (Fsp3) is 0.412. The highest BCUT2D eigenvalue weighted by molar-refractivity contribution is 5.89. The number of rotatable bonds is 5.